The van der Waals surface area contributed by atoms with Gasteiger partial charge < -0.3 is 4.98 Å². The van der Waals surface area contributed by atoms with Gasteiger partial charge in [-0.2, -0.15) is 5.26 Å². The number of rotatable bonds is 1. The van der Waals surface area contributed by atoms with E-state index in [4.69, 9.17) is 5.26 Å². The van der Waals surface area contributed by atoms with E-state index in [2.05, 4.69) is 44.0 Å². The van der Waals surface area contributed by atoms with E-state index in [1.165, 1.54) is 22.3 Å². The van der Waals surface area contributed by atoms with Gasteiger partial charge >= 0.3 is 0 Å². The first-order valence-electron chi connectivity index (χ1n) is 5.71. The van der Waals surface area contributed by atoms with Crippen molar-refractivity contribution in [3.63, 3.8) is 0 Å². The highest BCUT2D eigenvalue weighted by molar-refractivity contribution is 5.70. The molecular formula is C15H16N2. The number of hydrogen-bond acceptors (Lipinski definition) is 1. The van der Waals surface area contributed by atoms with Gasteiger partial charge in [0.2, 0.25) is 0 Å². The maximum atomic E-state index is 8.99. The number of H-pyrrole nitrogens is 1. The lowest BCUT2D eigenvalue weighted by atomic mass is 9.97. The van der Waals surface area contributed by atoms with Crippen molar-refractivity contribution in [3.05, 3.63) is 46.1 Å². The van der Waals surface area contributed by atoms with Crippen LogP contribution in [0.1, 0.15) is 27.9 Å². The van der Waals surface area contributed by atoms with Crippen LogP contribution in [0.5, 0.6) is 0 Å². The molecule has 0 saturated carbocycles. The zero-order valence-corrected chi connectivity index (χ0v) is 10.7. The van der Waals surface area contributed by atoms with Crippen LogP contribution in [0.2, 0.25) is 0 Å². The summed E-state index contributed by atoms with van der Waals surface area (Å²) in [5.74, 6) is 0. The number of aromatic amines is 1. The van der Waals surface area contributed by atoms with Gasteiger partial charge in [-0.1, -0.05) is 17.7 Å². The smallest absolute Gasteiger partial charge is 0.101 e. The Morgan fingerprint density at radius 2 is 1.59 bits per heavy atom. The normalized spacial score (nSPS) is 10.3. The highest BCUT2D eigenvalue weighted by Gasteiger charge is 2.10. The molecule has 0 aliphatic heterocycles. The van der Waals surface area contributed by atoms with Crippen LogP contribution in [0.3, 0.4) is 0 Å². The minimum absolute atomic E-state index is 0.722. The summed E-state index contributed by atoms with van der Waals surface area (Å²) in [6.07, 6.45) is 0. The Labute approximate surface area is 102 Å². The molecule has 2 rings (SSSR count). The summed E-state index contributed by atoms with van der Waals surface area (Å²) in [7, 11) is 0. The first-order valence-corrected chi connectivity index (χ1v) is 5.71. The molecule has 86 valence electrons. The van der Waals surface area contributed by atoms with Gasteiger partial charge in [0, 0.05) is 17.0 Å². The molecule has 0 amide bonds. The fraction of sp³-hybridized carbons (Fsp3) is 0.267. The monoisotopic (exact) mass is 224 g/mol. The summed E-state index contributed by atoms with van der Waals surface area (Å²) < 4.78 is 0. The summed E-state index contributed by atoms with van der Waals surface area (Å²) in [6, 6.07) is 8.48. The predicted molar refractivity (Wildman–Crippen MR) is 69.9 cm³/mol. The second-order valence-corrected chi connectivity index (χ2v) is 4.61. The molecule has 1 aromatic heterocycles. The van der Waals surface area contributed by atoms with Crippen molar-refractivity contribution in [1.29, 1.82) is 5.26 Å². The van der Waals surface area contributed by atoms with Gasteiger partial charge in [0.15, 0.2) is 0 Å². The Bertz CT molecular complexity index is 589. The zero-order chi connectivity index (χ0) is 12.6. The zero-order valence-electron chi connectivity index (χ0n) is 10.7. The number of benzene rings is 1. The van der Waals surface area contributed by atoms with Crippen LogP contribution >= 0.6 is 0 Å². The van der Waals surface area contributed by atoms with Gasteiger partial charge in [0.05, 0.1) is 5.56 Å². The number of hydrogen-bond donors (Lipinski definition) is 1. The van der Waals surface area contributed by atoms with Crippen LogP contribution in [-0.2, 0) is 0 Å². The Hall–Kier alpha value is -2.01. The lowest BCUT2D eigenvalue weighted by molar-refractivity contribution is 1.23. The molecule has 0 saturated heterocycles. The molecule has 17 heavy (non-hydrogen) atoms. The molecule has 0 radical (unpaired) electrons. The van der Waals surface area contributed by atoms with E-state index in [1.54, 1.807) is 0 Å². The Morgan fingerprint density at radius 3 is 2.06 bits per heavy atom. The van der Waals surface area contributed by atoms with E-state index >= 15 is 0 Å². The second kappa shape index (κ2) is 4.10. The number of nitriles is 1. The summed E-state index contributed by atoms with van der Waals surface area (Å²) in [4.78, 5) is 3.29. The molecule has 2 aromatic rings. The first-order chi connectivity index (χ1) is 8.02. The molecule has 0 atom stereocenters. The third-order valence-corrected chi connectivity index (χ3v) is 3.08. The summed E-state index contributed by atoms with van der Waals surface area (Å²) in [5, 5.41) is 8.99. The average molecular weight is 224 g/mol. The van der Waals surface area contributed by atoms with Crippen molar-refractivity contribution < 1.29 is 0 Å². The molecule has 0 fully saturated rings. The predicted octanol–water partition coefficient (Wildman–Crippen LogP) is 3.79. The van der Waals surface area contributed by atoms with Gasteiger partial charge in [0.25, 0.3) is 0 Å². The van der Waals surface area contributed by atoms with Crippen molar-refractivity contribution in [3.8, 4) is 17.3 Å². The number of aromatic nitrogens is 1. The molecule has 2 nitrogen and oxygen atoms in total. The third kappa shape index (κ3) is 1.97. The average Bonchev–Trinajstić information content (AvgIpc) is 2.57. The quantitative estimate of drug-likeness (QED) is 0.786. The molecule has 1 N–H and O–H groups in total. The topological polar surface area (TPSA) is 39.6 Å². The summed E-state index contributed by atoms with van der Waals surface area (Å²) in [6.45, 7) is 8.25. The van der Waals surface area contributed by atoms with Crippen LogP contribution in [-0.4, -0.2) is 4.98 Å². The second-order valence-electron chi connectivity index (χ2n) is 4.61. The number of nitrogens with zero attached hydrogens (tertiary/aromatic N) is 1. The van der Waals surface area contributed by atoms with E-state index in [0.29, 0.717) is 0 Å². The van der Waals surface area contributed by atoms with E-state index in [0.717, 1.165) is 17.0 Å². The Balaban J connectivity index is 2.65. The van der Waals surface area contributed by atoms with Crippen molar-refractivity contribution in [2.75, 3.05) is 0 Å². The van der Waals surface area contributed by atoms with E-state index < -0.39 is 0 Å². The maximum absolute atomic E-state index is 8.99. The van der Waals surface area contributed by atoms with Gasteiger partial charge in [0.1, 0.15) is 6.07 Å². The Morgan fingerprint density at radius 1 is 1.00 bits per heavy atom. The molecule has 1 heterocycles. The lowest BCUT2D eigenvalue weighted by Gasteiger charge is -2.09. The highest BCUT2D eigenvalue weighted by atomic mass is 14.7. The fourth-order valence-electron chi connectivity index (χ4n) is 2.41. The van der Waals surface area contributed by atoms with Crippen molar-refractivity contribution in [1.82, 2.24) is 4.98 Å². The minimum Gasteiger partial charge on any atom is -0.358 e. The van der Waals surface area contributed by atoms with Crippen molar-refractivity contribution >= 4 is 0 Å². The van der Waals surface area contributed by atoms with Crippen LogP contribution < -0.4 is 0 Å². The van der Waals surface area contributed by atoms with Gasteiger partial charge in [-0.3, -0.25) is 0 Å². The van der Waals surface area contributed by atoms with Crippen LogP contribution in [0.4, 0.5) is 0 Å². The van der Waals surface area contributed by atoms with E-state index in [-0.39, 0.29) is 0 Å². The lowest BCUT2D eigenvalue weighted by Crippen LogP contribution is -1.90. The first kappa shape index (κ1) is 11.5. The molecule has 0 spiro atoms. The molecule has 0 aliphatic carbocycles. The summed E-state index contributed by atoms with van der Waals surface area (Å²) >= 11 is 0. The number of aryl methyl sites for hydroxylation is 4. The SMILES string of the molecule is Cc1cc(C)c(-c2cc(C#N)c(C)[nH]2)c(C)c1. The highest BCUT2D eigenvalue weighted by Crippen LogP contribution is 2.28. The summed E-state index contributed by atoms with van der Waals surface area (Å²) in [5.41, 5.74) is 7.66. The minimum atomic E-state index is 0.722. The van der Waals surface area contributed by atoms with Crippen molar-refractivity contribution in [2.45, 2.75) is 27.7 Å². The van der Waals surface area contributed by atoms with E-state index in [9.17, 15) is 0 Å². The largest absolute Gasteiger partial charge is 0.358 e. The maximum Gasteiger partial charge on any atom is 0.101 e. The van der Waals surface area contributed by atoms with Crippen molar-refractivity contribution in [2.24, 2.45) is 0 Å². The third-order valence-electron chi connectivity index (χ3n) is 3.08. The molecule has 0 aliphatic rings. The molecule has 1 aromatic carbocycles. The number of nitrogens with one attached hydrogen (secondary N) is 1. The standard InChI is InChI=1S/C15H16N2/c1-9-5-10(2)15(11(3)6-9)14-7-13(8-16)12(4)17-14/h5-7,17H,1-4H3. The van der Waals surface area contributed by atoms with E-state index in [1.807, 2.05) is 13.0 Å². The molecule has 0 unspecified atom stereocenters. The molecular weight excluding hydrogens is 208 g/mol. The van der Waals surface area contributed by atoms with Crippen LogP contribution in [0.25, 0.3) is 11.3 Å². The van der Waals surface area contributed by atoms with Crippen LogP contribution in [0, 0.1) is 39.0 Å². The Kier molecular flexibility index (Phi) is 2.77. The van der Waals surface area contributed by atoms with Gasteiger partial charge in [-0.05, 0) is 44.9 Å². The van der Waals surface area contributed by atoms with Gasteiger partial charge in [-0.25, -0.2) is 0 Å². The fourth-order valence-corrected chi connectivity index (χ4v) is 2.41. The molecule has 0 bridgehead atoms. The van der Waals surface area contributed by atoms with Crippen LogP contribution in [0.15, 0.2) is 18.2 Å². The van der Waals surface area contributed by atoms with Gasteiger partial charge in [-0.15, -0.1) is 0 Å². The molecule has 2 heteroatoms.